The van der Waals surface area contributed by atoms with Crippen LogP contribution in [0.15, 0.2) is 22.7 Å². The Morgan fingerprint density at radius 1 is 1.33 bits per heavy atom. The first-order valence-corrected chi connectivity index (χ1v) is 9.15. The number of carbonyl (C=O) groups is 1. The number of rotatable bonds is 2. The summed E-state index contributed by atoms with van der Waals surface area (Å²) in [5.41, 5.74) is 0.522. The van der Waals surface area contributed by atoms with Crippen molar-refractivity contribution in [3.05, 3.63) is 34.1 Å². The molecule has 1 saturated heterocycles. The lowest BCUT2D eigenvalue weighted by atomic mass is 10.1. The minimum atomic E-state index is -0.469. The van der Waals surface area contributed by atoms with Crippen LogP contribution in [0.2, 0.25) is 0 Å². The van der Waals surface area contributed by atoms with Crippen molar-refractivity contribution in [2.45, 2.75) is 51.3 Å². The van der Waals surface area contributed by atoms with Gasteiger partial charge in [-0.15, -0.1) is 0 Å². The van der Waals surface area contributed by atoms with Gasteiger partial charge < -0.3 is 4.74 Å². The van der Waals surface area contributed by atoms with Gasteiger partial charge in [0, 0.05) is 30.7 Å². The number of amides is 1. The fourth-order valence-corrected chi connectivity index (χ4v) is 3.74. The Balaban J connectivity index is 1.65. The monoisotopic (exact) mass is 398 g/mol. The molecule has 4 nitrogen and oxygen atoms in total. The van der Waals surface area contributed by atoms with E-state index >= 15 is 0 Å². The predicted molar refractivity (Wildman–Crippen MR) is 94.3 cm³/mol. The minimum absolute atomic E-state index is 0.0763. The van der Waals surface area contributed by atoms with Crippen molar-refractivity contribution < 1.29 is 13.9 Å². The third kappa shape index (κ3) is 3.91. The number of carbonyl (C=O) groups excluding carboxylic acids is 1. The molecular formula is C18H24BrFN2O2. The zero-order valence-corrected chi connectivity index (χ0v) is 16.0. The van der Waals surface area contributed by atoms with Gasteiger partial charge in [-0.1, -0.05) is 22.0 Å². The molecule has 2 fully saturated rings. The molecule has 0 bridgehead atoms. The first kappa shape index (κ1) is 17.7. The molecule has 1 aromatic carbocycles. The third-order valence-electron chi connectivity index (χ3n) is 4.58. The molecule has 1 heterocycles. The van der Waals surface area contributed by atoms with Crippen molar-refractivity contribution in [1.29, 1.82) is 0 Å². The lowest BCUT2D eigenvalue weighted by Gasteiger charge is -2.42. The van der Waals surface area contributed by atoms with Crippen molar-refractivity contribution in [2.24, 2.45) is 0 Å². The maximum Gasteiger partial charge on any atom is 0.410 e. The van der Waals surface area contributed by atoms with Crippen LogP contribution in [0.25, 0.3) is 0 Å². The normalized spacial score (nSPS) is 20.3. The average molecular weight is 399 g/mol. The molecule has 0 radical (unpaired) electrons. The molecule has 0 atom stereocenters. The van der Waals surface area contributed by atoms with Gasteiger partial charge in [0.15, 0.2) is 0 Å². The maximum absolute atomic E-state index is 13.2. The van der Waals surface area contributed by atoms with Gasteiger partial charge >= 0.3 is 6.09 Å². The topological polar surface area (TPSA) is 32.8 Å². The van der Waals surface area contributed by atoms with Crippen LogP contribution in [0.1, 0.15) is 39.2 Å². The quantitative estimate of drug-likeness (QED) is 0.748. The van der Waals surface area contributed by atoms with Gasteiger partial charge in [-0.3, -0.25) is 9.80 Å². The van der Waals surface area contributed by atoms with Crippen LogP contribution in [0.5, 0.6) is 0 Å². The first-order valence-electron chi connectivity index (χ1n) is 8.35. The minimum Gasteiger partial charge on any atom is -0.444 e. The Labute approximate surface area is 151 Å². The second kappa shape index (κ2) is 6.30. The van der Waals surface area contributed by atoms with Crippen LogP contribution < -0.4 is 0 Å². The fourth-order valence-electron chi connectivity index (χ4n) is 3.26. The second-order valence-corrected chi connectivity index (χ2v) is 8.66. The van der Waals surface area contributed by atoms with Crippen molar-refractivity contribution in [2.75, 3.05) is 19.6 Å². The Morgan fingerprint density at radius 2 is 2.04 bits per heavy atom. The van der Waals surface area contributed by atoms with Crippen LogP contribution in [0.3, 0.4) is 0 Å². The lowest BCUT2D eigenvalue weighted by molar-refractivity contribution is -0.00811. The zero-order chi connectivity index (χ0) is 17.5. The van der Waals surface area contributed by atoms with Crippen molar-refractivity contribution >= 4 is 22.0 Å². The Kier molecular flexibility index (Phi) is 4.64. The summed E-state index contributed by atoms with van der Waals surface area (Å²) >= 11 is 3.43. The molecule has 0 unspecified atom stereocenters. The number of piperazine rings is 1. The van der Waals surface area contributed by atoms with E-state index in [2.05, 4.69) is 20.8 Å². The van der Waals surface area contributed by atoms with E-state index in [0.29, 0.717) is 6.54 Å². The highest BCUT2D eigenvalue weighted by atomic mass is 79.9. The zero-order valence-electron chi connectivity index (χ0n) is 14.4. The fraction of sp³-hybridized carbons (Fsp3) is 0.611. The highest BCUT2D eigenvalue weighted by Gasteiger charge is 2.54. The molecule has 1 amide bonds. The number of hydrogen-bond donors (Lipinski definition) is 0. The maximum atomic E-state index is 13.2. The molecule has 1 saturated carbocycles. The van der Waals surface area contributed by atoms with E-state index in [0.717, 1.165) is 42.5 Å². The average Bonchev–Trinajstić information content (AvgIpc) is 3.20. The summed E-state index contributed by atoms with van der Waals surface area (Å²) in [4.78, 5) is 16.7. The van der Waals surface area contributed by atoms with Gasteiger partial charge in [0.25, 0.3) is 0 Å². The summed E-state index contributed by atoms with van der Waals surface area (Å²) < 4.78 is 19.6. The number of benzene rings is 1. The molecule has 132 valence electrons. The van der Waals surface area contributed by atoms with E-state index in [9.17, 15) is 9.18 Å². The van der Waals surface area contributed by atoms with E-state index in [1.165, 1.54) is 12.1 Å². The van der Waals surface area contributed by atoms with Gasteiger partial charge in [0.1, 0.15) is 11.4 Å². The van der Waals surface area contributed by atoms with Crippen LogP contribution in [-0.2, 0) is 11.3 Å². The highest BCUT2D eigenvalue weighted by Crippen LogP contribution is 2.45. The summed E-state index contributed by atoms with van der Waals surface area (Å²) in [5, 5.41) is 0. The number of nitrogens with zero attached hydrogens (tertiary/aromatic N) is 2. The second-order valence-electron chi connectivity index (χ2n) is 7.80. The SMILES string of the molecule is CC(C)(C)OC(=O)N1CCN(Cc2ccc(F)cc2Br)CC12CC2. The Hall–Kier alpha value is -1.14. The molecule has 1 aliphatic heterocycles. The van der Waals surface area contributed by atoms with Crippen LogP contribution in [0, 0.1) is 5.82 Å². The molecule has 1 aromatic rings. The Morgan fingerprint density at radius 3 is 2.62 bits per heavy atom. The predicted octanol–water partition coefficient (Wildman–Crippen LogP) is 4.17. The largest absolute Gasteiger partial charge is 0.444 e. The van der Waals surface area contributed by atoms with E-state index < -0.39 is 5.60 Å². The first-order chi connectivity index (χ1) is 11.2. The third-order valence-corrected chi connectivity index (χ3v) is 5.32. The molecule has 1 aliphatic carbocycles. The Bertz CT molecular complexity index is 640. The molecule has 24 heavy (non-hydrogen) atoms. The lowest BCUT2D eigenvalue weighted by Crippen LogP contribution is -2.57. The van der Waals surface area contributed by atoms with Gasteiger partial charge in [0.05, 0.1) is 5.54 Å². The van der Waals surface area contributed by atoms with Crippen LogP contribution >= 0.6 is 15.9 Å². The molecule has 0 N–H and O–H groups in total. The van der Waals surface area contributed by atoms with Crippen LogP contribution in [0.4, 0.5) is 9.18 Å². The van der Waals surface area contributed by atoms with Crippen molar-refractivity contribution in [1.82, 2.24) is 9.80 Å². The highest BCUT2D eigenvalue weighted by molar-refractivity contribution is 9.10. The molecular weight excluding hydrogens is 375 g/mol. The van der Waals surface area contributed by atoms with Gasteiger partial charge in [0.2, 0.25) is 0 Å². The molecule has 2 aliphatic rings. The van der Waals surface area contributed by atoms with E-state index in [1.807, 2.05) is 31.7 Å². The number of hydrogen-bond acceptors (Lipinski definition) is 3. The van der Waals surface area contributed by atoms with Gasteiger partial charge in [-0.2, -0.15) is 0 Å². The van der Waals surface area contributed by atoms with E-state index in [-0.39, 0.29) is 17.4 Å². The molecule has 6 heteroatoms. The smallest absolute Gasteiger partial charge is 0.410 e. The summed E-state index contributed by atoms with van der Waals surface area (Å²) in [6.07, 6.45) is 1.84. The molecule has 1 spiro atoms. The summed E-state index contributed by atoms with van der Waals surface area (Å²) in [6.45, 7) is 8.76. The standard InChI is InChI=1S/C18H24BrFN2O2/c1-17(2,3)24-16(23)22-9-8-21(12-18(22)6-7-18)11-13-4-5-14(20)10-15(13)19/h4-5,10H,6-9,11-12H2,1-3H3. The van der Waals surface area contributed by atoms with E-state index in [4.69, 9.17) is 4.74 Å². The van der Waals surface area contributed by atoms with Gasteiger partial charge in [-0.25, -0.2) is 9.18 Å². The van der Waals surface area contributed by atoms with Crippen LogP contribution in [-0.4, -0.2) is 46.7 Å². The molecule has 3 rings (SSSR count). The number of halogens is 2. The van der Waals surface area contributed by atoms with Gasteiger partial charge in [-0.05, 0) is 51.3 Å². The van der Waals surface area contributed by atoms with Crippen molar-refractivity contribution in [3.63, 3.8) is 0 Å². The van der Waals surface area contributed by atoms with Crippen molar-refractivity contribution in [3.8, 4) is 0 Å². The summed E-state index contributed by atoms with van der Waals surface area (Å²) in [7, 11) is 0. The summed E-state index contributed by atoms with van der Waals surface area (Å²) in [6, 6.07) is 4.81. The number of ether oxygens (including phenoxy) is 1. The summed E-state index contributed by atoms with van der Waals surface area (Å²) in [5.74, 6) is -0.237. The van der Waals surface area contributed by atoms with E-state index in [1.54, 1.807) is 0 Å². The molecule has 0 aromatic heterocycles.